The molecule has 3 nitrogen and oxygen atoms in total. The molecule has 0 spiro atoms. The van der Waals surface area contributed by atoms with Gasteiger partial charge in [-0.2, -0.15) is 5.26 Å². The molecule has 0 aliphatic rings. The summed E-state index contributed by atoms with van der Waals surface area (Å²) in [6, 6.07) is 6.98. The van der Waals surface area contributed by atoms with Gasteiger partial charge in [-0.1, -0.05) is 12.1 Å². The van der Waals surface area contributed by atoms with Crippen LogP contribution in [0.3, 0.4) is 0 Å². The fraction of sp³-hybridized carbons (Fsp3) is 0.182. The molecule has 0 aromatic heterocycles. The summed E-state index contributed by atoms with van der Waals surface area (Å²) in [5, 5.41) is 8.62. The van der Waals surface area contributed by atoms with E-state index >= 15 is 0 Å². The third-order valence-electron chi connectivity index (χ3n) is 1.95. The maximum Gasteiger partial charge on any atom is 0.573 e. The van der Waals surface area contributed by atoms with Gasteiger partial charge < -0.3 is 10.5 Å². The molecule has 0 saturated carbocycles. The van der Waals surface area contributed by atoms with Gasteiger partial charge in [-0.15, -0.1) is 13.2 Å². The quantitative estimate of drug-likeness (QED) is 0.811. The molecule has 90 valence electrons. The molecule has 0 heterocycles. The van der Waals surface area contributed by atoms with Crippen LogP contribution in [-0.4, -0.2) is 6.36 Å². The van der Waals surface area contributed by atoms with Crippen LogP contribution in [-0.2, 0) is 0 Å². The van der Waals surface area contributed by atoms with E-state index in [4.69, 9.17) is 11.0 Å². The summed E-state index contributed by atoms with van der Waals surface area (Å²) in [6.45, 7) is 1.48. The molecular formula is C11H9F3N2O. The lowest BCUT2D eigenvalue weighted by Gasteiger charge is -2.10. The minimum atomic E-state index is -4.75. The molecule has 1 aromatic carbocycles. The number of benzene rings is 1. The van der Waals surface area contributed by atoms with E-state index in [2.05, 4.69) is 4.74 Å². The topological polar surface area (TPSA) is 59.0 Å². The highest BCUT2D eigenvalue weighted by Crippen LogP contribution is 2.25. The number of nitrogens with two attached hydrogens (primary N) is 1. The first-order valence-electron chi connectivity index (χ1n) is 4.56. The van der Waals surface area contributed by atoms with E-state index in [0.29, 0.717) is 5.56 Å². The van der Waals surface area contributed by atoms with Crippen molar-refractivity contribution in [1.82, 2.24) is 0 Å². The maximum absolute atomic E-state index is 12.0. The fourth-order valence-corrected chi connectivity index (χ4v) is 1.14. The van der Waals surface area contributed by atoms with Crippen molar-refractivity contribution in [2.24, 2.45) is 5.73 Å². The van der Waals surface area contributed by atoms with E-state index in [1.54, 1.807) is 0 Å². The summed E-state index contributed by atoms with van der Waals surface area (Å²) in [7, 11) is 0. The predicted octanol–water partition coefficient (Wildman–Crippen LogP) is 2.80. The highest BCUT2D eigenvalue weighted by molar-refractivity contribution is 5.69. The molecule has 6 heteroatoms. The van der Waals surface area contributed by atoms with Crippen LogP contribution in [0.4, 0.5) is 13.2 Å². The summed E-state index contributed by atoms with van der Waals surface area (Å²) in [4.78, 5) is 0. The Morgan fingerprint density at radius 3 is 2.59 bits per heavy atom. The maximum atomic E-state index is 12.0. The van der Waals surface area contributed by atoms with Crippen molar-refractivity contribution in [1.29, 1.82) is 5.26 Å². The Bertz CT molecular complexity index is 486. The summed E-state index contributed by atoms with van der Waals surface area (Å²) in [5.41, 5.74) is 6.27. The van der Waals surface area contributed by atoms with E-state index in [0.717, 1.165) is 12.1 Å². The van der Waals surface area contributed by atoms with Gasteiger partial charge in [0, 0.05) is 11.1 Å². The zero-order chi connectivity index (χ0) is 13.1. The molecule has 1 rings (SSSR count). The van der Waals surface area contributed by atoms with Gasteiger partial charge in [0.15, 0.2) is 0 Å². The minimum absolute atomic E-state index is 0.125. The van der Waals surface area contributed by atoms with Gasteiger partial charge in [-0.05, 0) is 19.1 Å². The standard InChI is InChI=1S/C11H9F3N2O/c1-7(6-15)10(16)8-3-2-4-9(5-8)17-11(12,13)14/h2-5H,16H2,1H3/b10-7-. The Hall–Kier alpha value is -2.16. The molecule has 0 radical (unpaired) electrons. The van der Waals surface area contributed by atoms with Crippen LogP contribution in [0, 0.1) is 11.3 Å². The Balaban J connectivity index is 3.07. The Kier molecular flexibility index (Phi) is 3.63. The van der Waals surface area contributed by atoms with E-state index in [-0.39, 0.29) is 17.0 Å². The van der Waals surface area contributed by atoms with Crippen LogP contribution in [0.1, 0.15) is 12.5 Å². The summed E-state index contributed by atoms with van der Waals surface area (Å²) in [5.74, 6) is -0.372. The summed E-state index contributed by atoms with van der Waals surface area (Å²) >= 11 is 0. The SMILES string of the molecule is C/C(C#N)=C(/N)c1cccc(OC(F)(F)F)c1. The Labute approximate surface area is 95.9 Å². The molecule has 17 heavy (non-hydrogen) atoms. The third kappa shape index (κ3) is 3.72. The first-order chi connectivity index (χ1) is 7.83. The molecule has 2 N–H and O–H groups in total. The van der Waals surface area contributed by atoms with Gasteiger partial charge in [0.1, 0.15) is 5.75 Å². The summed E-state index contributed by atoms with van der Waals surface area (Å²) in [6.07, 6.45) is -4.75. The third-order valence-corrected chi connectivity index (χ3v) is 1.95. The van der Waals surface area contributed by atoms with Gasteiger partial charge in [-0.3, -0.25) is 0 Å². The molecular weight excluding hydrogens is 233 g/mol. The highest BCUT2D eigenvalue weighted by atomic mass is 19.4. The number of halogens is 3. The van der Waals surface area contributed by atoms with Crippen LogP contribution in [0.5, 0.6) is 5.75 Å². The molecule has 0 fully saturated rings. The smallest absolute Gasteiger partial charge is 0.406 e. The van der Waals surface area contributed by atoms with Crippen LogP contribution in [0.25, 0.3) is 5.70 Å². The molecule has 0 bridgehead atoms. The second kappa shape index (κ2) is 4.78. The van der Waals surface area contributed by atoms with Gasteiger partial charge in [0.2, 0.25) is 0 Å². The molecule has 0 saturated heterocycles. The second-order valence-corrected chi connectivity index (χ2v) is 3.23. The van der Waals surface area contributed by atoms with Crippen molar-refractivity contribution in [2.75, 3.05) is 0 Å². The van der Waals surface area contributed by atoms with Crippen LogP contribution in [0.15, 0.2) is 29.8 Å². The van der Waals surface area contributed by atoms with Gasteiger partial charge in [0.05, 0.1) is 11.8 Å². The first-order valence-corrected chi connectivity index (χ1v) is 4.56. The van der Waals surface area contributed by atoms with Gasteiger partial charge in [-0.25, -0.2) is 0 Å². The van der Waals surface area contributed by atoms with Crippen molar-refractivity contribution in [3.8, 4) is 11.8 Å². The monoisotopic (exact) mass is 242 g/mol. The van der Waals surface area contributed by atoms with Crippen molar-refractivity contribution in [2.45, 2.75) is 13.3 Å². The number of hydrogen-bond acceptors (Lipinski definition) is 3. The Morgan fingerprint density at radius 1 is 1.41 bits per heavy atom. The lowest BCUT2D eigenvalue weighted by molar-refractivity contribution is -0.274. The van der Waals surface area contributed by atoms with E-state index in [1.165, 1.54) is 19.1 Å². The lowest BCUT2D eigenvalue weighted by Crippen LogP contribution is -2.17. The van der Waals surface area contributed by atoms with Crippen molar-refractivity contribution < 1.29 is 17.9 Å². The van der Waals surface area contributed by atoms with E-state index in [9.17, 15) is 13.2 Å². The van der Waals surface area contributed by atoms with Crippen molar-refractivity contribution in [3.05, 3.63) is 35.4 Å². The zero-order valence-electron chi connectivity index (χ0n) is 8.88. The lowest BCUT2D eigenvalue weighted by atomic mass is 10.1. The highest BCUT2D eigenvalue weighted by Gasteiger charge is 2.31. The van der Waals surface area contributed by atoms with Crippen molar-refractivity contribution in [3.63, 3.8) is 0 Å². The number of hydrogen-bond donors (Lipinski definition) is 1. The van der Waals surface area contributed by atoms with Crippen LogP contribution < -0.4 is 10.5 Å². The average Bonchev–Trinajstić information content (AvgIpc) is 2.25. The number of allylic oxidation sites excluding steroid dienone is 1. The number of nitrogens with zero attached hydrogens (tertiary/aromatic N) is 1. The van der Waals surface area contributed by atoms with E-state index < -0.39 is 6.36 Å². The van der Waals surface area contributed by atoms with Crippen molar-refractivity contribution >= 4 is 5.70 Å². The number of nitriles is 1. The van der Waals surface area contributed by atoms with E-state index in [1.807, 2.05) is 6.07 Å². The normalized spacial score (nSPS) is 12.6. The molecule has 0 unspecified atom stereocenters. The molecule has 0 amide bonds. The zero-order valence-corrected chi connectivity index (χ0v) is 8.88. The predicted molar refractivity (Wildman–Crippen MR) is 55.5 cm³/mol. The fourth-order valence-electron chi connectivity index (χ4n) is 1.14. The largest absolute Gasteiger partial charge is 0.573 e. The Morgan fingerprint density at radius 2 is 2.06 bits per heavy atom. The molecule has 0 aliphatic heterocycles. The van der Waals surface area contributed by atoms with Gasteiger partial charge >= 0.3 is 6.36 Å². The molecule has 1 aromatic rings. The average molecular weight is 242 g/mol. The number of alkyl halides is 3. The number of rotatable bonds is 2. The number of ether oxygens (including phenoxy) is 1. The van der Waals surface area contributed by atoms with Gasteiger partial charge in [0.25, 0.3) is 0 Å². The summed E-state index contributed by atoms with van der Waals surface area (Å²) < 4.78 is 39.7. The van der Waals surface area contributed by atoms with Crippen LogP contribution in [0.2, 0.25) is 0 Å². The molecule has 0 aliphatic carbocycles. The second-order valence-electron chi connectivity index (χ2n) is 3.23. The minimum Gasteiger partial charge on any atom is -0.406 e. The van der Waals surface area contributed by atoms with Crippen LogP contribution >= 0.6 is 0 Å². The molecule has 0 atom stereocenters. The first kappa shape index (κ1) is 12.9.